The van der Waals surface area contributed by atoms with Crippen molar-refractivity contribution in [2.45, 2.75) is 37.5 Å². The zero-order chi connectivity index (χ0) is 20.9. The average Bonchev–Trinajstić information content (AvgIpc) is 2.68. The average molecular weight is 416 g/mol. The van der Waals surface area contributed by atoms with Crippen LogP contribution in [0.5, 0.6) is 0 Å². The maximum Gasteiger partial charge on any atom is 0.238 e. The van der Waals surface area contributed by atoms with Crippen molar-refractivity contribution in [3.05, 3.63) is 59.7 Å². The highest BCUT2D eigenvalue weighted by molar-refractivity contribution is 7.89. The standard InChI is InChI=1S/C22H29N3O3S/c1-17-2-4-18(5-3-17)6-7-19-12-14-25(15-13-19)16-22(26)24-20-8-10-21(11-9-20)29(23,27)28/h2-5,8-11,19H,6-7,12-16H2,1H3,(H,24,26)(H2,23,27,28). The van der Waals surface area contributed by atoms with Crippen molar-refractivity contribution in [3.63, 3.8) is 0 Å². The van der Waals surface area contributed by atoms with E-state index in [0.717, 1.165) is 32.4 Å². The third-order valence-corrected chi connectivity index (χ3v) is 6.43. The van der Waals surface area contributed by atoms with Gasteiger partial charge in [0.2, 0.25) is 15.9 Å². The minimum absolute atomic E-state index is 0.0307. The minimum atomic E-state index is -3.72. The fourth-order valence-corrected chi connectivity index (χ4v) is 4.21. The lowest BCUT2D eigenvalue weighted by molar-refractivity contribution is -0.117. The van der Waals surface area contributed by atoms with E-state index in [9.17, 15) is 13.2 Å². The largest absolute Gasteiger partial charge is 0.325 e. The molecule has 0 aromatic heterocycles. The molecule has 1 saturated heterocycles. The Bertz CT molecular complexity index is 917. The van der Waals surface area contributed by atoms with E-state index in [0.29, 0.717) is 18.2 Å². The quantitative estimate of drug-likeness (QED) is 0.727. The molecule has 0 bridgehead atoms. The summed E-state index contributed by atoms with van der Waals surface area (Å²) < 4.78 is 22.6. The molecular formula is C22H29N3O3S. The molecule has 3 rings (SSSR count). The van der Waals surface area contributed by atoms with Gasteiger partial charge >= 0.3 is 0 Å². The van der Waals surface area contributed by atoms with Gasteiger partial charge in [0.05, 0.1) is 11.4 Å². The van der Waals surface area contributed by atoms with Gasteiger partial charge in [-0.15, -0.1) is 0 Å². The van der Waals surface area contributed by atoms with Crippen LogP contribution in [0.1, 0.15) is 30.4 Å². The molecule has 1 fully saturated rings. The Labute approximate surface area is 173 Å². The molecule has 3 N–H and O–H groups in total. The number of nitrogens with zero attached hydrogens (tertiary/aromatic N) is 1. The number of piperidine rings is 1. The molecule has 29 heavy (non-hydrogen) atoms. The zero-order valence-electron chi connectivity index (χ0n) is 16.8. The van der Waals surface area contributed by atoms with Crippen LogP contribution in [0, 0.1) is 12.8 Å². The maximum absolute atomic E-state index is 12.3. The van der Waals surface area contributed by atoms with Crippen molar-refractivity contribution < 1.29 is 13.2 Å². The van der Waals surface area contributed by atoms with Crippen LogP contribution in [-0.2, 0) is 21.2 Å². The van der Waals surface area contributed by atoms with Gasteiger partial charge in [0.1, 0.15) is 0 Å². The van der Waals surface area contributed by atoms with Crippen LogP contribution in [0.3, 0.4) is 0 Å². The second kappa shape index (κ2) is 9.52. The number of primary sulfonamides is 1. The first-order valence-corrected chi connectivity index (χ1v) is 11.5. The smallest absolute Gasteiger partial charge is 0.238 e. The molecule has 0 unspecified atom stereocenters. The number of nitrogens with one attached hydrogen (secondary N) is 1. The number of sulfonamides is 1. The minimum Gasteiger partial charge on any atom is -0.325 e. The summed E-state index contributed by atoms with van der Waals surface area (Å²) in [6, 6.07) is 14.6. The number of anilines is 1. The first kappa shape index (κ1) is 21.5. The summed E-state index contributed by atoms with van der Waals surface area (Å²) in [4.78, 5) is 14.5. The summed E-state index contributed by atoms with van der Waals surface area (Å²) in [6.07, 6.45) is 4.53. The summed E-state index contributed by atoms with van der Waals surface area (Å²) in [5.41, 5.74) is 3.25. The summed E-state index contributed by atoms with van der Waals surface area (Å²) in [5, 5.41) is 7.90. The molecule has 1 heterocycles. The van der Waals surface area contributed by atoms with Crippen molar-refractivity contribution in [3.8, 4) is 0 Å². The van der Waals surface area contributed by atoms with Crippen molar-refractivity contribution in [1.82, 2.24) is 4.90 Å². The van der Waals surface area contributed by atoms with Crippen LogP contribution >= 0.6 is 0 Å². The van der Waals surface area contributed by atoms with Gasteiger partial charge in [-0.3, -0.25) is 9.69 Å². The Hall–Kier alpha value is -2.22. The van der Waals surface area contributed by atoms with E-state index in [4.69, 9.17) is 5.14 Å². The Morgan fingerprint density at radius 2 is 1.69 bits per heavy atom. The Kier molecular flexibility index (Phi) is 7.05. The molecule has 2 aromatic carbocycles. The van der Waals surface area contributed by atoms with E-state index in [-0.39, 0.29) is 10.8 Å². The van der Waals surface area contributed by atoms with Crippen LogP contribution in [0.25, 0.3) is 0 Å². The number of benzene rings is 2. The molecular weight excluding hydrogens is 386 g/mol. The number of rotatable bonds is 7. The Morgan fingerprint density at radius 1 is 1.07 bits per heavy atom. The molecule has 0 spiro atoms. The number of carbonyl (C=O) groups is 1. The maximum atomic E-state index is 12.3. The lowest BCUT2D eigenvalue weighted by Gasteiger charge is -2.31. The van der Waals surface area contributed by atoms with Crippen LogP contribution in [0.2, 0.25) is 0 Å². The third-order valence-electron chi connectivity index (χ3n) is 5.50. The number of aryl methyl sites for hydroxylation is 2. The van der Waals surface area contributed by atoms with E-state index in [1.165, 1.54) is 29.7 Å². The normalized spacial score (nSPS) is 15.9. The summed E-state index contributed by atoms with van der Waals surface area (Å²) in [6.45, 7) is 4.31. The van der Waals surface area contributed by atoms with E-state index in [1.54, 1.807) is 12.1 Å². The monoisotopic (exact) mass is 415 g/mol. The van der Waals surface area contributed by atoms with Gasteiger partial charge in [-0.1, -0.05) is 29.8 Å². The zero-order valence-corrected chi connectivity index (χ0v) is 17.6. The second-order valence-corrected chi connectivity index (χ2v) is 9.42. The summed E-state index contributed by atoms with van der Waals surface area (Å²) in [7, 11) is -3.72. The van der Waals surface area contributed by atoms with Gasteiger partial charge in [0.15, 0.2) is 0 Å². The molecule has 1 aliphatic heterocycles. The van der Waals surface area contributed by atoms with Crippen LogP contribution in [0.15, 0.2) is 53.4 Å². The first-order valence-electron chi connectivity index (χ1n) is 10.0. The number of likely N-dealkylation sites (tertiary alicyclic amines) is 1. The Balaban J connectivity index is 1.39. The summed E-state index contributed by atoms with van der Waals surface area (Å²) in [5.74, 6) is 0.618. The SMILES string of the molecule is Cc1ccc(CCC2CCN(CC(=O)Nc3ccc(S(N)(=O)=O)cc3)CC2)cc1. The number of hydrogen-bond acceptors (Lipinski definition) is 4. The fourth-order valence-electron chi connectivity index (χ4n) is 3.69. The highest BCUT2D eigenvalue weighted by Gasteiger charge is 2.21. The summed E-state index contributed by atoms with van der Waals surface area (Å²) >= 11 is 0. The van der Waals surface area contributed by atoms with Crippen molar-refractivity contribution >= 4 is 21.6 Å². The molecule has 1 aliphatic rings. The number of amides is 1. The van der Waals surface area contributed by atoms with Crippen LogP contribution in [-0.4, -0.2) is 38.9 Å². The molecule has 0 radical (unpaired) electrons. The van der Waals surface area contributed by atoms with E-state index in [2.05, 4.69) is 41.4 Å². The topological polar surface area (TPSA) is 92.5 Å². The predicted molar refractivity (Wildman–Crippen MR) is 115 cm³/mol. The van der Waals surface area contributed by atoms with Crippen molar-refractivity contribution in [2.75, 3.05) is 25.0 Å². The van der Waals surface area contributed by atoms with Gasteiger partial charge < -0.3 is 5.32 Å². The van der Waals surface area contributed by atoms with E-state index >= 15 is 0 Å². The number of carbonyl (C=O) groups excluding carboxylic acids is 1. The van der Waals surface area contributed by atoms with Gasteiger partial charge in [0, 0.05) is 5.69 Å². The fraction of sp³-hybridized carbons (Fsp3) is 0.409. The highest BCUT2D eigenvalue weighted by Crippen LogP contribution is 2.22. The predicted octanol–water partition coefficient (Wildman–Crippen LogP) is 2.93. The lowest BCUT2D eigenvalue weighted by Crippen LogP contribution is -2.39. The lowest BCUT2D eigenvalue weighted by atomic mass is 9.90. The molecule has 1 amide bonds. The van der Waals surface area contributed by atoms with Gasteiger partial charge in [-0.05, 0) is 81.4 Å². The molecule has 0 saturated carbocycles. The van der Waals surface area contributed by atoms with E-state index in [1.807, 2.05) is 0 Å². The van der Waals surface area contributed by atoms with Crippen molar-refractivity contribution in [1.29, 1.82) is 0 Å². The molecule has 6 nitrogen and oxygen atoms in total. The molecule has 2 aromatic rings. The van der Waals surface area contributed by atoms with E-state index < -0.39 is 10.0 Å². The van der Waals surface area contributed by atoms with Gasteiger partial charge in [-0.2, -0.15) is 0 Å². The molecule has 0 aliphatic carbocycles. The number of hydrogen-bond donors (Lipinski definition) is 2. The number of nitrogens with two attached hydrogens (primary N) is 1. The highest BCUT2D eigenvalue weighted by atomic mass is 32.2. The van der Waals surface area contributed by atoms with Gasteiger partial charge in [-0.25, -0.2) is 13.6 Å². The van der Waals surface area contributed by atoms with Crippen LogP contribution in [0.4, 0.5) is 5.69 Å². The Morgan fingerprint density at radius 3 is 2.28 bits per heavy atom. The van der Waals surface area contributed by atoms with Gasteiger partial charge in [0.25, 0.3) is 0 Å². The molecule has 156 valence electrons. The first-order chi connectivity index (χ1) is 13.8. The third kappa shape index (κ3) is 6.66. The van der Waals surface area contributed by atoms with Crippen LogP contribution < -0.4 is 10.5 Å². The molecule has 0 atom stereocenters. The molecule has 7 heteroatoms. The van der Waals surface area contributed by atoms with Crippen molar-refractivity contribution in [2.24, 2.45) is 11.1 Å². The second-order valence-electron chi connectivity index (χ2n) is 7.86.